The second-order valence-corrected chi connectivity index (χ2v) is 7.26. The van der Waals surface area contributed by atoms with Crippen molar-refractivity contribution in [3.63, 3.8) is 0 Å². The zero-order chi connectivity index (χ0) is 19.0. The van der Waals surface area contributed by atoms with Crippen LogP contribution in [0.3, 0.4) is 0 Å². The largest absolute Gasteiger partial charge is 0.462 e. The lowest BCUT2D eigenvalue weighted by molar-refractivity contribution is -0.388. The summed E-state index contributed by atoms with van der Waals surface area (Å²) in [7, 11) is 0. The van der Waals surface area contributed by atoms with Crippen LogP contribution >= 0.6 is 0 Å². The summed E-state index contributed by atoms with van der Waals surface area (Å²) in [6.45, 7) is 0.245. The third-order valence-electron chi connectivity index (χ3n) is 5.42. The van der Waals surface area contributed by atoms with Gasteiger partial charge in [-0.25, -0.2) is 0 Å². The minimum Gasteiger partial charge on any atom is -0.462 e. The first-order chi connectivity index (χ1) is 13.0. The highest BCUT2D eigenvalue weighted by atomic mass is 16.8. The lowest BCUT2D eigenvalue weighted by Crippen LogP contribution is -2.66. The zero-order valence-corrected chi connectivity index (χ0v) is 14.7. The summed E-state index contributed by atoms with van der Waals surface area (Å²) in [6.07, 6.45) is -0.225. The van der Waals surface area contributed by atoms with Gasteiger partial charge in [-0.15, -0.1) is 0 Å². The van der Waals surface area contributed by atoms with Gasteiger partial charge in [0.15, 0.2) is 5.79 Å². The van der Waals surface area contributed by atoms with E-state index in [9.17, 15) is 20.3 Å². The molecule has 2 aliphatic heterocycles. The van der Waals surface area contributed by atoms with Crippen LogP contribution in [0.4, 0.5) is 5.69 Å². The molecule has 9 heteroatoms. The topological polar surface area (TPSA) is 121 Å². The molecule has 2 N–H and O–H groups in total. The van der Waals surface area contributed by atoms with Gasteiger partial charge >= 0.3 is 0 Å². The van der Waals surface area contributed by atoms with Crippen molar-refractivity contribution < 1.29 is 34.1 Å². The Bertz CT molecular complexity index is 672. The van der Waals surface area contributed by atoms with Crippen molar-refractivity contribution in [1.29, 1.82) is 0 Å². The molecule has 0 amide bonds. The molecule has 5 atom stereocenters. The fourth-order valence-corrected chi connectivity index (χ4v) is 3.93. The molecule has 0 radical (unpaired) electrons. The molecule has 9 nitrogen and oxygen atoms in total. The first-order valence-corrected chi connectivity index (χ1v) is 9.22. The molecule has 0 aromatic heterocycles. The number of nitro groups is 1. The Morgan fingerprint density at radius 1 is 1.11 bits per heavy atom. The predicted octanol–water partition coefficient (Wildman–Crippen LogP) is 1.50. The maximum Gasteiger partial charge on any atom is 0.269 e. The van der Waals surface area contributed by atoms with Crippen molar-refractivity contribution in [1.82, 2.24) is 0 Å². The zero-order valence-electron chi connectivity index (χ0n) is 14.7. The molecule has 0 bridgehead atoms. The molecule has 148 valence electrons. The van der Waals surface area contributed by atoms with Crippen LogP contribution in [0.5, 0.6) is 5.75 Å². The monoisotopic (exact) mass is 381 g/mol. The highest BCUT2D eigenvalue weighted by Gasteiger charge is 2.53. The molecule has 1 saturated carbocycles. The highest BCUT2D eigenvalue weighted by Crippen LogP contribution is 2.40. The van der Waals surface area contributed by atoms with Crippen molar-refractivity contribution >= 4 is 5.69 Å². The standard InChI is InChI=1S/C18H23NO8/c20-14-15(21)17(25-12-6-4-11(5-7-12)19(22)23)26-13-10-24-18(27-16(13)14)8-2-1-3-9-18/h4-7,13-17,20-21H,1-3,8-10H2/t13-,14-,15+,16-,17-/m0/s1. The van der Waals surface area contributed by atoms with Gasteiger partial charge in [0, 0.05) is 25.0 Å². The number of hydrogen-bond acceptors (Lipinski definition) is 8. The van der Waals surface area contributed by atoms with Crippen molar-refractivity contribution in [3.8, 4) is 5.75 Å². The van der Waals surface area contributed by atoms with E-state index >= 15 is 0 Å². The van der Waals surface area contributed by atoms with E-state index in [1.807, 2.05) is 0 Å². The van der Waals surface area contributed by atoms with Crippen molar-refractivity contribution in [2.45, 2.75) is 68.6 Å². The van der Waals surface area contributed by atoms with E-state index in [1.165, 1.54) is 24.3 Å². The average Bonchev–Trinajstić information content (AvgIpc) is 2.68. The minimum absolute atomic E-state index is 0.0700. The van der Waals surface area contributed by atoms with E-state index in [4.69, 9.17) is 18.9 Å². The molecule has 1 aromatic rings. The summed E-state index contributed by atoms with van der Waals surface area (Å²) in [6, 6.07) is 5.42. The molecule has 1 aliphatic carbocycles. The third-order valence-corrected chi connectivity index (χ3v) is 5.42. The number of non-ortho nitro benzene ring substituents is 1. The molecule has 1 aromatic carbocycles. The number of aliphatic hydroxyl groups excluding tert-OH is 2. The maximum absolute atomic E-state index is 10.7. The first kappa shape index (κ1) is 18.6. The number of nitrogens with zero attached hydrogens (tertiary/aromatic N) is 1. The SMILES string of the molecule is O=[N+]([O-])c1ccc(O[C@H]2O[C@H]3COC4(CCCCC4)O[C@@H]3[C@@H](O)[C@H]2O)cc1. The predicted molar refractivity (Wildman–Crippen MR) is 91.0 cm³/mol. The normalized spacial score (nSPS) is 35.4. The van der Waals surface area contributed by atoms with Gasteiger partial charge in [0.2, 0.25) is 6.29 Å². The average molecular weight is 381 g/mol. The van der Waals surface area contributed by atoms with Crippen molar-refractivity contribution in [2.75, 3.05) is 6.61 Å². The fourth-order valence-electron chi connectivity index (χ4n) is 3.93. The maximum atomic E-state index is 10.7. The van der Waals surface area contributed by atoms with Crippen LogP contribution in [0, 0.1) is 10.1 Å². The van der Waals surface area contributed by atoms with Crippen LogP contribution in [0.2, 0.25) is 0 Å². The van der Waals surface area contributed by atoms with Crippen molar-refractivity contribution in [3.05, 3.63) is 34.4 Å². The lowest BCUT2D eigenvalue weighted by atomic mass is 9.90. The Balaban J connectivity index is 1.43. The van der Waals surface area contributed by atoms with E-state index in [0.717, 1.165) is 32.1 Å². The second kappa shape index (κ2) is 7.33. The Kier molecular flexibility index (Phi) is 5.04. The number of rotatable bonds is 3. The van der Waals surface area contributed by atoms with Gasteiger partial charge in [0.25, 0.3) is 5.69 Å². The van der Waals surface area contributed by atoms with E-state index in [2.05, 4.69) is 0 Å². The molecule has 2 saturated heterocycles. The quantitative estimate of drug-likeness (QED) is 0.597. The van der Waals surface area contributed by atoms with Gasteiger partial charge in [-0.05, 0) is 25.0 Å². The van der Waals surface area contributed by atoms with Gasteiger partial charge in [-0.3, -0.25) is 10.1 Å². The van der Waals surface area contributed by atoms with Gasteiger partial charge in [-0.2, -0.15) is 0 Å². The van der Waals surface area contributed by atoms with Crippen LogP contribution in [0.25, 0.3) is 0 Å². The Morgan fingerprint density at radius 3 is 2.48 bits per heavy atom. The summed E-state index contributed by atoms with van der Waals surface area (Å²) in [5.74, 6) is -0.410. The van der Waals surface area contributed by atoms with Gasteiger partial charge < -0.3 is 29.2 Å². The van der Waals surface area contributed by atoms with Crippen LogP contribution in [0.1, 0.15) is 32.1 Å². The van der Waals surface area contributed by atoms with E-state index in [-0.39, 0.29) is 18.0 Å². The van der Waals surface area contributed by atoms with Crippen LogP contribution in [-0.4, -0.2) is 58.2 Å². The summed E-state index contributed by atoms with van der Waals surface area (Å²) in [5.41, 5.74) is -0.0700. The minimum atomic E-state index is -1.32. The lowest BCUT2D eigenvalue weighted by Gasteiger charge is -2.51. The Hall–Kier alpha value is -1.78. The summed E-state index contributed by atoms with van der Waals surface area (Å²) in [4.78, 5) is 10.2. The molecule has 1 spiro atoms. The molecule has 3 aliphatic rings. The van der Waals surface area contributed by atoms with Gasteiger partial charge in [-0.1, -0.05) is 6.42 Å². The van der Waals surface area contributed by atoms with Gasteiger partial charge in [0.1, 0.15) is 30.2 Å². The van der Waals surface area contributed by atoms with E-state index < -0.39 is 41.4 Å². The van der Waals surface area contributed by atoms with Crippen molar-refractivity contribution in [2.24, 2.45) is 0 Å². The number of hydrogen-bond donors (Lipinski definition) is 2. The van der Waals surface area contributed by atoms with Crippen LogP contribution in [0.15, 0.2) is 24.3 Å². The number of fused-ring (bicyclic) bond motifs is 1. The third kappa shape index (κ3) is 3.65. The fraction of sp³-hybridized carbons (Fsp3) is 0.667. The highest BCUT2D eigenvalue weighted by molar-refractivity contribution is 5.36. The Morgan fingerprint density at radius 2 is 1.81 bits per heavy atom. The van der Waals surface area contributed by atoms with E-state index in [0.29, 0.717) is 0 Å². The molecule has 4 rings (SSSR count). The van der Waals surface area contributed by atoms with Crippen LogP contribution < -0.4 is 4.74 Å². The molecule has 0 unspecified atom stereocenters. The number of nitro benzene ring substituents is 1. The second-order valence-electron chi connectivity index (χ2n) is 7.26. The van der Waals surface area contributed by atoms with E-state index in [1.54, 1.807) is 0 Å². The Labute approximate surface area is 155 Å². The molecular formula is C18H23NO8. The summed E-state index contributed by atoms with van der Waals surface area (Å²) < 4.78 is 23.3. The number of aliphatic hydroxyl groups is 2. The molecule has 27 heavy (non-hydrogen) atoms. The van der Waals surface area contributed by atoms with Gasteiger partial charge in [0.05, 0.1) is 11.5 Å². The first-order valence-electron chi connectivity index (χ1n) is 9.22. The smallest absolute Gasteiger partial charge is 0.269 e. The van der Waals surface area contributed by atoms with Crippen LogP contribution in [-0.2, 0) is 14.2 Å². The molecule has 3 fully saturated rings. The molecule has 2 heterocycles. The number of ether oxygens (including phenoxy) is 4. The summed E-state index contributed by atoms with van der Waals surface area (Å²) >= 11 is 0. The number of benzene rings is 1. The molecular weight excluding hydrogens is 358 g/mol. The summed E-state index contributed by atoms with van der Waals surface area (Å²) in [5, 5.41) is 31.7.